The third kappa shape index (κ3) is 5.02. The first kappa shape index (κ1) is 25.1. The molecule has 3 heterocycles. The first-order valence-electron chi connectivity index (χ1n) is 11.8. The van der Waals surface area contributed by atoms with Gasteiger partial charge in [0.25, 0.3) is 0 Å². The van der Waals surface area contributed by atoms with Crippen LogP contribution in [0.4, 0.5) is 15.9 Å². The zero-order valence-electron chi connectivity index (χ0n) is 19.6. The average Bonchev–Trinajstić information content (AvgIpc) is 3.62. The van der Waals surface area contributed by atoms with Gasteiger partial charge in [0.15, 0.2) is 0 Å². The summed E-state index contributed by atoms with van der Waals surface area (Å²) in [5.41, 5.74) is -0.225. The summed E-state index contributed by atoms with van der Waals surface area (Å²) in [6, 6.07) is 2.83. The highest BCUT2D eigenvalue weighted by molar-refractivity contribution is 6.28. The summed E-state index contributed by atoms with van der Waals surface area (Å²) in [6.07, 6.45) is 3.40. The molecular weight excluding hydrogens is 511 g/mol. The van der Waals surface area contributed by atoms with E-state index in [4.69, 9.17) is 11.6 Å². The smallest absolute Gasteiger partial charge is 0.383 e. The van der Waals surface area contributed by atoms with Crippen LogP contribution in [0.3, 0.4) is 0 Å². The minimum absolute atomic E-state index is 0.0379. The lowest BCUT2D eigenvalue weighted by atomic mass is 10.1. The third-order valence-electron chi connectivity index (χ3n) is 6.76. The van der Waals surface area contributed by atoms with Crippen LogP contribution in [0.1, 0.15) is 29.2 Å². The molecule has 1 aliphatic carbocycles. The number of benzene rings is 1. The van der Waals surface area contributed by atoms with Crippen LogP contribution in [0.15, 0.2) is 29.3 Å². The predicted molar refractivity (Wildman–Crippen MR) is 132 cm³/mol. The number of aromatic carboxylic acids is 1. The SMILES string of the molecule is O=C(O)c1cn(C2CC2)c2cc(N3CCN(CC(O)Cn4cc([N+](=O)[O-])nc4Cl)CC3)c(F)cc2c1=O. The number of pyridine rings is 1. The van der Waals surface area contributed by atoms with Crippen molar-refractivity contribution in [2.24, 2.45) is 0 Å². The van der Waals surface area contributed by atoms with Crippen molar-refractivity contribution in [1.29, 1.82) is 0 Å². The van der Waals surface area contributed by atoms with Crippen molar-refractivity contribution < 1.29 is 24.3 Å². The number of halogens is 2. The van der Waals surface area contributed by atoms with Crippen LogP contribution in [0, 0.1) is 15.9 Å². The Balaban J connectivity index is 1.29. The quantitative estimate of drug-likeness (QED) is 0.327. The standard InChI is InChI=1S/C23H24ClFN6O6/c24-23-26-20(31(36)37)12-29(23)10-14(32)9-27-3-5-28(6-4-27)19-8-18-15(7-17(19)25)21(33)16(22(34)35)11-30(18)13-1-2-13/h7-8,11-14,32H,1-6,9-10H2,(H,34,35). The van der Waals surface area contributed by atoms with Crippen LogP contribution in [-0.4, -0.2) is 79.0 Å². The molecule has 2 aromatic heterocycles. The predicted octanol–water partition coefficient (Wildman–Crippen LogP) is 2.11. The number of hydrogen-bond donors (Lipinski definition) is 2. The molecule has 14 heteroatoms. The highest BCUT2D eigenvalue weighted by atomic mass is 35.5. The van der Waals surface area contributed by atoms with E-state index in [2.05, 4.69) is 4.98 Å². The Kier molecular flexibility index (Phi) is 6.60. The number of aliphatic hydroxyl groups excluding tert-OH is 1. The van der Waals surface area contributed by atoms with Crippen molar-refractivity contribution in [3.63, 3.8) is 0 Å². The number of aromatic nitrogens is 3. The Morgan fingerprint density at radius 1 is 1.22 bits per heavy atom. The normalized spacial score (nSPS) is 17.3. The lowest BCUT2D eigenvalue weighted by Crippen LogP contribution is -2.49. The van der Waals surface area contributed by atoms with Crippen LogP contribution in [-0.2, 0) is 6.54 Å². The van der Waals surface area contributed by atoms with Gasteiger partial charge in [-0.15, -0.1) is 0 Å². The van der Waals surface area contributed by atoms with Gasteiger partial charge in [-0.3, -0.25) is 14.3 Å². The number of nitrogens with zero attached hydrogens (tertiary/aromatic N) is 6. The van der Waals surface area contributed by atoms with Crippen molar-refractivity contribution in [2.75, 3.05) is 37.6 Å². The van der Waals surface area contributed by atoms with Crippen molar-refractivity contribution in [3.05, 3.63) is 61.5 Å². The minimum atomic E-state index is -1.34. The Morgan fingerprint density at radius 2 is 1.92 bits per heavy atom. The van der Waals surface area contributed by atoms with Crippen molar-refractivity contribution in [3.8, 4) is 0 Å². The fraction of sp³-hybridized carbons (Fsp3) is 0.435. The van der Waals surface area contributed by atoms with Gasteiger partial charge in [0.1, 0.15) is 17.6 Å². The molecule has 2 fully saturated rings. The number of carboxylic acids is 1. The topological polar surface area (TPSA) is 147 Å². The van der Waals surface area contributed by atoms with Gasteiger partial charge in [-0.1, -0.05) is 0 Å². The molecule has 3 aromatic rings. The van der Waals surface area contributed by atoms with E-state index in [1.165, 1.54) is 17.0 Å². The number of carboxylic acid groups (broad SMARTS) is 1. The zero-order chi connectivity index (χ0) is 26.4. The van der Waals surface area contributed by atoms with E-state index in [0.29, 0.717) is 37.4 Å². The molecule has 5 rings (SSSR count). The van der Waals surface area contributed by atoms with Gasteiger partial charge in [-0.25, -0.2) is 9.18 Å². The first-order chi connectivity index (χ1) is 17.6. The summed E-state index contributed by atoms with van der Waals surface area (Å²) in [5.74, 6) is -2.33. The van der Waals surface area contributed by atoms with Gasteiger partial charge in [-0.2, -0.15) is 0 Å². The second-order valence-corrected chi connectivity index (χ2v) is 9.69. The molecule has 0 amide bonds. The monoisotopic (exact) mass is 534 g/mol. The van der Waals surface area contributed by atoms with Gasteiger partial charge in [-0.05, 0) is 46.5 Å². The number of imidazole rings is 1. The van der Waals surface area contributed by atoms with E-state index in [1.807, 2.05) is 9.80 Å². The lowest BCUT2D eigenvalue weighted by Gasteiger charge is -2.37. The summed E-state index contributed by atoms with van der Waals surface area (Å²) >= 11 is 5.92. The number of carbonyl (C=O) groups is 1. The van der Waals surface area contributed by atoms with E-state index in [9.17, 15) is 29.9 Å². The second kappa shape index (κ2) is 9.72. The van der Waals surface area contributed by atoms with Crippen LogP contribution < -0.4 is 10.3 Å². The molecule has 0 spiro atoms. The molecule has 0 radical (unpaired) electrons. The molecular formula is C23H24ClFN6O6. The van der Waals surface area contributed by atoms with Crippen molar-refractivity contribution in [2.45, 2.75) is 31.5 Å². The average molecular weight is 535 g/mol. The molecule has 2 N–H and O–H groups in total. The van der Waals surface area contributed by atoms with Crippen LogP contribution in [0.5, 0.6) is 0 Å². The summed E-state index contributed by atoms with van der Waals surface area (Å²) in [6.45, 7) is 2.31. The number of piperazine rings is 1. The zero-order valence-corrected chi connectivity index (χ0v) is 20.3. The molecule has 37 heavy (non-hydrogen) atoms. The summed E-state index contributed by atoms with van der Waals surface area (Å²) in [7, 11) is 0. The van der Waals surface area contributed by atoms with Gasteiger partial charge in [0.2, 0.25) is 5.43 Å². The fourth-order valence-corrected chi connectivity index (χ4v) is 4.96. The fourth-order valence-electron chi connectivity index (χ4n) is 4.76. The molecule has 1 unspecified atom stereocenters. The number of hydrogen-bond acceptors (Lipinski definition) is 8. The van der Waals surface area contributed by atoms with Crippen LogP contribution in [0.25, 0.3) is 10.9 Å². The summed E-state index contributed by atoms with van der Waals surface area (Å²) in [4.78, 5) is 41.9. The van der Waals surface area contributed by atoms with E-state index < -0.39 is 34.1 Å². The number of anilines is 1. The third-order valence-corrected chi connectivity index (χ3v) is 7.06. The number of rotatable bonds is 8. The Labute approximate surface area is 214 Å². The first-order valence-corrected chi connectivity index (χ1v) is 12.1. The largest absolute Gasteiger partial charge is 0.477 e. The molecule has 1 atom stereocenters. The van der Waals surface area contributed by atoms with Crippen molar-refractivity contribution >= 4 is 40.0 Å². The Morgan fingerprint density at radius 3 is 2.51 bits per heavy atom. The maximum absolute atomic E-state index is 15.2. The maximum atomic E-state index is 15.2. The molecule has 1 saturated carbocycles. The molecule has 0 bridgehead atoms. The highest BCUT2D eigenvalue weighted by Gasteiger charge is 2.29. The Bertz CT molecular complexity index is 1450. The molecule has 1 saturated heterocycles. The van der Waals surface area contributed by atoms with E-state index in [0.717, 1.165) is 18.9 Å². The Hall–Kier alpha value is -3.55. The van der Waals surface area contributed by atoms with Crippen LogP contribution in [0.2, 0.25) is 5.28 Å². The summed E-state index contributed by atoms with van der Waals surface area (Å²) in [5, 5.41) is 30.7. The lowest BCUT2D eigenvalue weighted by molar-refractivity contribution is -0.389. The van der Waals surface area contributed by atoms with Crippen molar-refractivity contribution in [1.82, 2.24) is 19.0 Å². The number of aliphatic hydroxyl groups is 1. The molecule has 1 aromatic carbocycles. The van der Waals surface area contributed by atoms with Crippen LogP contribution >= 0.6 is 11.6 Å². The number of β-amino-alcohol motifs (C(OH)–C–C–N with tert-alkyl or cyclic N) is 1. The van der Waals surface area contributed by atoms with Gasteiger partial charge in [0, 0.05) is 50.3 Å². The van der Waals surface area contributed by atoms with E-state index >= 15 is 4.39 Å². The van der Waals surface area contributed by atoms with Gasteiger partial charge >= 0.3 is 17.1 Å². The molecule has 1 aliphatic heterocycles. The summed E-state index contributed by atoms with van der Waals surface area (Å²) < 4.78 is 18.2. The molecule has 2 aliphatic rings. The number of fused-ring (bicyclic) bond motifs is 1. The highest BCUT2D eigenvalue weighted by Crippen LogP contribution is 2.38. The van der Waals surface area contributed by atoms with E-state index in [1.54, 1.807) is 10.6 Å². The molecule has 12 nitrogen and oxygen atoms in total. The van der Waals surface area contributed by atoms with Gasteiger partial charge < -0.3 is 29.8 Å². The van der Waals surface area contributed by atoms with E-state index in [-0.39, 0.29) is 35.4 Å². The maximum Gasteiger partial charge on any atom is 0.383 e. The molecule has 196 valence electrons. The number of nitro groups is 1. The van der Waals surface area contributed by atoms with Gasteiger partial charge in [0.05, 0.1) is 23.9 Å². The second-order valence-electron chi connectivity index (χ2n) is 9.36. The minimum Gasteiger partial charge on any atom is -0.477 e.